The molecule has 37 heavy (non-hydrogen) atoms. The zero-order chi connectivity index (χ0) is 26.4. The van der Waals surface area contributed by atoms with Gasteiger partial charge in [-0.3, -0.25) is 15.1 Å². The molecule has 0 aliphatic heterocycles. The highest BCUT2D eigenvalue weighted by Gasteiger charge is 2.26. The number of carbonyl (C=O) groups is 1. The number of carbonyl (C=O) groups excluding carboxylic acids is 1. The van der Waals surface area contributed by atoms with Gasteiger partial charge >= 0.3 is 11.8 Å². The van der Waals surface area contributed by atoms with E-state index in [2.05, 4.69) is 30.9 Å². The van der Waals surface area contributed by atoms with E-state index in [1.807, 2.05) is 51.1 Å². The van der Waals surface area contributed by atoms with Gasteiger partial charge in [-0.15, -0.1) is 0 Å². The molecule has 0 bridgehead atoms. The Morgan fingerprint density at radius 3 is 2.59 bits per heavy atom. The van der Waals surface area contributed by atoms with E-state index < -0.39 is 16.6 Å². The summed E-state index contributed by atoms with van der Waals surface area (Å²) in [7, 11) is 0. The van der Waals surface area contributed by atoms with Crippen LogP contribution in [0, 0.1) is 16.0 Å². The van der Waals surface area contributed by atoms with E-state index in [-0.39, 0.29) is 23.5 Å². The summed E-state index contributed by atoms with van der Waals surface area (Å²) in [6.07, 6.45) is 5.97. The molecule has 1 fully saturated rings. The summed E-state index contributed by atoms with van der Waals surface area (Å²) in [5.41, 5.74) is 0.136. The molecular weight excluding hydrogens is 474 g/mol. The Kier molecular flexibility index (Phi) is 8.00. The number of pyridine rings is 1. The third-order valence-corrected chi connectivity index (χ3v) is 6.26. The Morgan fingerprint density at radius 1 is 1.11 bits per heavy atom. The van der Waals surface area contributed by atoms with Gasteiger partial charge < -0.3 is 20.7 Å². The third-order valence-electron chi connectivity index (χ3n) is 6.26. The molecule has 0 spiro atoms. The van der Waals surface area contributed by atoms with Crippen LogP contribution < -0.4 is 16.0 Å². The minimum Gasteiger partial charge on any atom is -0.444 e. The average molecular weight is 508 g/mol. The monoisotopic (exact) mass is 507 g/mol. The number of amides is 1. The summed E-state index contributed by atoms with van der Waals surface area (Å²) in [4.78, 5) is 36.1. The number of anilines is 2. The third kappa shape index (κ3) is 7.25. The number of rotatable bonds is 8. The largest absolute Gasteiger partial charge is 0.444 e. The molecule has 3 N–H and O–H groups in total. The predicted molar refractivity (Wildman–Crippen MR) is 141 cm³/mol. The van der Waals surface area contributed by atoms with Gasteiger partial charge in [-0.2, -0.15) is 4.98 Å². The molecule has 1 aliphatic carbocycles. The van der Waals surface area contributed by atoms with Crippen molar-refractivity contribution in [3.05, 3.63) is 58.5 Å². The standard InChI is InChI=1S/C26H33N7O4/c1-26(2,3)37-25(34)31-19-10-8-17(9-11-19)14-28-23-22(33(35)36)16-30-24(32-23)29-15-21-20-7-5-4-6-18(20)12-13-27-21/h4-7,12-13,16-17,19H,8-11,14-15H2,1-3H3,(H,31,34)(H2,28,29,30,32)/t17-,19-. The molecule has 1 aliphatic rings. The molecule has 4 rings (SSSR count). The van der Waals surface area contributed by atoms with Crippen molar-refractivity contribution in [3.8, 4) is 0 Å². The molecule has 3 aromatic rings. The predicted octanol–water partition coefficient (Wildman–Crippen LogP) is 5.04. The Balaban J connectivity index is 1.33. The summed E-state index contributed by atoms with van der Waals surface area (Å²) in [6, 6.07) is 9.97. The van der Waals surface area contributed by atoms with Crippen molar-refractivity contribution in [2.24, 2.45) is 5.92 Å². The van der Waals surface area contributed by atoms with Crippen LogP contribution in [0.4, 0.5) is 22.2 Å². The number of fused-ring (bicyclic) bond motifs is 1. The van der Waals surface area contributed by atoms with E-state index in [9.17, 15) is 14.9 Å². The fraction of sp³-hybridized carbons (Fsp3) is 0.462. The lowest BCUT2D eigenvalue weighted by molar-refractivity contribution is -0.384. The number of nitrogens with zero attached hydrogens (tertiary/aromatic N) is 4. The van der Waals surface area contributed by atoms with Gasteiger partial charge in [0.1, 0.15) is 11.8 Å². The molecule has 2 aromatic heterocycles. The van der Waals surface area contributed by atoms with E-state index in [1.54, 1.807) is 6.20 Å². The quantitative estimate of drug-likeness (QED) is 0.282. The van der Waals surface area contributed by atoms with Crippen LogP contribution in [-0.4, -0.2) is 44.2 Å². The van der Waals surface area contributed by atoms with Gasteiger partial charge in [0.05, 0.1) is 17.2 Å². The van der Waals surface area contributed by atoms with Crippen LogP contribution in [0.1, 0.15) is 52.1 Å². The van der Waals surface area contributed by atoms with Crippen LogP contribution in [0.3, 0.4) is 0 Å². The first kappa shape index (κ1) is 26.1. The molecule has 1 saturated carbocycles. The van der Waals surface area contributed by atoms with Gasteiger partial charge in [0.2, 0.25) is 11.8 Å². The van der Waals surface area contributed by atoms with Gasteiger partial charge in [0, 0.05) is 24.2 Å². The van der Waals surface area contributed by atoms with Crippen LogP contribution >= 0.6 is 0 Å². The van der Waals surface area contributed by atoms with Gasteiger partial charge in [0.25, 0.3) is 0 Å². The van der Waals surface area contributed by atoms with E-state index >= 15 is 0 Å². The first-order valence-electron chi connectivity index (χ1n) is 12.5. The van der Waals surface area contributed by atoms with Crippen molar-refractivity contribution in [2.45, 2.75) is 64.6 Å². The molecule has 0 atom stereocenters. The normalized spacial score (nSPS) is 17.7. The SMILES string of the molecule is CC(C)(C)OC(=O)N[C@H]1CC[C@H](CNc2nc(NCc3nccc4ccccc34)ncc2[N+](=O)[O-])CC1. The van der Waals surface area contributed by atoms with Crippen molar-refractivity contribution in [2.75, 3.05) is 17.2 Å². The number of nitro groups is 1. The smallest absolute Gasteiger partial charge is 0.407 e. The molecule has 2 heterocycles. The topological polar surface area (TPSA) is 144 Å². The minimum atomic E-state index is -0.531. The van der Waals surface area contributed by atoms with E-state index in [1.165, 1.54) is 6.20 Å². The second-order valence-electron chi connectivity index (χ2n) is 10.3. The zero-order valence-electron chi connectivity index (χ0n) is 21.4. The highest BCUT2D eigenvalue weighted by molar-refractivity contribution is 5.84. The average Bonchev–Trinajstić information content (AvgIpc) is 2.85. The first-order valence-corrected chi connectivity index (χ1v) is 12.5. The summed E-state index contributed by atoms with van der Waals surface area (Å²) in [6.45, 7) is 6.43. The van der Waals surface area contributed by atoms with E-state index in [4.69, 9.17) is 4.74 Å². The van der Waals surface area contributed by atoms with Crippen LogP contribution in [0.25, 0.3) is 10.8 Å². The minimum absolute atomic E-state index is 0.0676. The van der Waals surface area contributed by atoms with E-state index in [0.29, 0.717) is 19.0 Å². The molecule has 11 nitrogen and oxygen atoms in total. The number of benzene rings is 1. The van der Waals surface area contributed by atoms with Crippen molar-refractivity contribution < 1.29 is 14.5 Å². The number of hydrogen-bond acceptors (Lipinski definition) is 9. The number of alkyl carbamates (subject to hydrolysis) is 1. The second-order valence-corrected chi connectivity index (χ2v) is 10.3. The molecule has 1 amide bonds. The van der Waals surface area contributed by atoms with Crippen LogP contribution in [-0.2, 0) is 11.3 Å². The molecule has 1 aromatic carbocycles. The summed E-state index contributed by atoms with van der Waals surface area (Å²) in [5.74, 6) is 0.776. The Hall–Kier alpha value is -4.02. The van der Waals surface area contributed by atoms with Gasteiger partial charge in [-0.25, -0.2) is 9.78 Å². The maximum absolute atomic E-state index is 12.0. The molecule has 0 saturated heterocycles. The summed E-state index contributed by atoms with van der Waals surface area (Å²) < 4.78 is 5.34. The summed E-state index contributed by atoms with van der Waals surface area (Å²) >= 11 is 0. The Morgan fingerprint density at radius 2 is 1.86 bits per heavy atom. The molecule has 0 radical (unpaired) electrons. The lowest BCUT2D eigenvalue weighted by Gasteiger charge is -2.30. The van der Waals surface area contributed by atoms with Crippen LogP contribution in [0.2, 0.25) is 0 Å². The zero-order valence-corrected chi connectivity index (χ0v) is 21.4. The van der Waals surface area contributed by atoms with Crippen molar-refractivity contribution in [1.82, 2.24) is 20.3 Å². The maximum atomic E-state index is 12.0. The van der Waals surface area contributed by atoms with E-state index in [0.717, 1.165) is 42.1 Å². The van der Waals surface area contributed by atoms with Crippen LogP contribution in [0.5, 0.6) is 0 Å². The lowest BCUT2D eigenvalue weighted by atomic mass is 9.86. The maximum Gasteiger partial charge on any atom is 0.407 e. The second kappa shape index (κ2) is 11.4. The number of hydrogen-bond donors (Lipinski definition) is 3. The van der Waals surface area contributed by atoms with Crippen molar-refractivity contribution in [1.29, 1.82) is 0 Å². The number of nitrogens with one attached hydrogen (secondary N) is 3. The van der Waals surface area contributed by atoms with Crippen molar-refractivity contribution in [3.63, 3.8) is 0 Å². The van der Waals surface area contributed by atoms with Gasteiger partial charge in [-0.1, -0.05) is 24.3 Å². The fourth-order valence-electron chi connectivity index (χ4n) is 4.44. The Bertz CT molecular complexity index is 1250. The van der Waals surface area contributed by atoms with Gasteiger partial charge in [-0.05, 0) is 63.8 Å². The van der Waals surface area contributed by atoms with Crippen molar-refractivity contribution >= 4 is 34.3 Å². The molecular formula is C26H33N7O4. The van der Waals surface area contributed by atoms with Crippen LogP contribution in [0.15, 0.2) is 42.7 Å². The summed E-state index contributed by atoms with van der Waals surface area (Å²) in [5, 5.41) is 22.9. The highest BCUT2D eigenvalue weighted by Crippen LogP contribution is 2.27. The molecule has 196 valence electrons. The lowest BCUT2D eigenvalue weighted by Crippen LogP contribution is -2.41. The fourth-order valence-corrected chi connectivity index (χ4v) is 4.44. The highest BCUT2D eigenvalue weighted by atomic mass is 16.6. The first-order chi connectivity index (χ1) is 17.7. The Labute approximate surface area is 215 Å². The number of ether oxygens (including phenoxy) is 1. The molecule has 11 heteroatoms. The molecule has 0 unspecified atom stereocenters. The number of aromatic nitrogens is 3. The van der Waals surface area contributed by atoms with Gasteiger partial charge in [0.15, 0.2) is 0 Å².